The molecule has 0 saturated carbocycles. The Morgan fingerprint density at radius 1 is 1.00 bits per heavy atom. The fraction of sp³-hybridized carbons (Fsp3) is 0.333. The van der Waals surface area contributed by atoms with Crippen molar-refractivity contribution in [3.05, 3.63) is 70.4 Å². The molecule has 0 unspecified atom stereocenters. The highest BCUT2D eigenvalue weighted by Crippen LogP contribution is 2.39. The zero-order valence-electron chi connectivity index (χ0n) is 14.3. The van der Waals surface area contributed by atoms with E-state index >= 15 is 0 Å². The van der Waals surface area contributed by atoms with E-state index in [1.54, 1.807) is 0 Å². The molecule has 0 fully saturated rings. The van der Waals surface area contributed by atoms with Gasteiger partial charge in [-0.2, -0.15) is 0 Å². The molecule has 0 spiro atoms. The molecular formula is C21H23NO. The number of aromatic nitrogens is 1. The average Bonchev–Trinajstić information content (AvgIpc) is 2.79. The molecule has 2 heterocycles. The molecule has 2 aromatic carbocycles. The summed E-state index contributed by atoms with van der Waals surface area (Å²) in [4.78, 5) is 0. The molecule has 1 aromatic heterocycles. The predicted octanol–water partition coefficient (Wildman–Crippen LogP) is 5.07. The second-order valence-corrected chi connectivity index (χ2v) is 6.89. The molecule has 2 nitrogen and oxygen atoms in total. The fourth-order valence-electron chi connectivity index (χ4n) is 4.03. The number of rotatable bonds is 1. The van der Waals surface area contributed by atoms with Gasteiger partial charge in [0.05, 0.1) is 11.8 Å². The van der Waals surface area contributed by atoms with Crippen LogP contribution < -0.4 is 0 Å². The third kappa shape index (κ3) is 2.29. The lowest BCUT2D eigenvalue weighted by atomic mass is 9.97. The van der Waals surface area contributed by atoms with Gasteiger partial charge in [-0.1, -0.05) is 47.5 Å². The van der Waals surface area contributed by atoms with E-state index in [-0.39, 0.29) is 12.2 Å². The van der Waals surface area contributed by atoms with Crippen LogP contribution in [0, 0.1) is 20.8 Å². The van der Waals surface area contributed by atoms with Crippen molar-refractivity contribution < 1.29 is 4.74 Å². The smallest absolute Gasteiger partial charge is 0.123 e. The summed E-state index contributed by atoms with van der Waals surface area (Å²) in [5, 5.41) is 1.34. The Morgan fingerprint density at radius 3 is 2.43 bits per heavy atom. The van der Waals surface area contributed by atoms with Gasteiger partial charge in [0.15, 0.2) is 0 Å². The quantitative estimate of drug-likeness (QED) is 0.612. The number of benzene rings is 2. The van der Waals surface area contributed by atoms with E-state index in [0.717, 1.165) is 6.54 Å². The highest BCUT2D eigenvalue weighted by atomic mass is 16.5. The number of fused-ring (bicyclic) bond motifs is 3. The summed E-state index contributed by atoms with van der Waals surface area (Å²) < 4.78 is 8.86. The molecule has 3 aromatic rings. The summed E-state index contributed by atoms with van der Waals surface area (Å²) in [5.74, 6) is 0. The van der Waals surface area contributed by atoms with Crippen LogP contribution in [0.15, 0.2) is 42.5 Å². The van der Waals surface area contributed by atoms with Gasteiger partial charge in [-0.15, -0.1) is 0 Å². The first kappa shape index (κ1) is 14.5. The number of aryl methyl sites for hydroxylation is 3. The van der Waals surface area contributed by atoms with Crippen LogP contribution >= 0.6 is 0 Å². The van der Waals surface area contributed by atoms with E-state index in [4.69, 9.17) is 4.74 Å². The molecule has 0 amide bonds. The Bertz CT molecular complexity index is 870. The molecule has 0 saturated heterocycles. The van der Waals surface area contributed by atoms with E-state index < -0.39 is 0 Å². The molecular weight excluding hydrogens is 282 g/mol. The topological polar surface area (TPSA) is 14.2 Å². The molecule has 118 valence electrons. The molecule has 0 radical (unpaired) electrons. The lowest BCUT2D eigenvalue weighted by molar-refractivity contribution is -0.0146. The minimum Gasteiger partial charge on any atom is -0.362 e. The zero-order chi connectivity index (χ0) is 16.1. The minimum absolute atomic E-state index is 0.0183. The first-order valence-corrected chi connectivity index (χ1v) is 8.36. The molecule has 0 bridgehead atoms. The zero-order valence-corrected chi connectivity index (χ0v) is 14.3. The molecule has 0 aliphatic carbocycles. The van der Waals surface area contributed by atoms with Gasteiger partial charge < -0.3 is 9.30 Å². The maximum atomic E-state index is 6.40. The van der Waals surface area contributed by atoms with Crippen LogP contribution in [0.1, 0.15) is 41.0 Å². The molecule has 4 rings (SSSR count). The van der Waals surface area contributed by atoms with E-state index in [0.29, 0.717) is 0 Å². The van der Waals surface area contributed by atoms with Gasteiger partial charge in [-0.25, -0.2) is 0 Å². The number of hydrogen-bond acceptors (Lipinski definition) is 1. The van der Waals surface area contributed by atoms with Gasteiger partial charge in [-0.3, -0.25) is 0 Å². The molecule has 0 N–H and O–H groups in total. The molecule has 2 heteroatoms. The highest BCUT2D eigenvalue weighted by Gasteiger charge is 2.30. The van der Waals surface area contributed by atoms with Crippen LogP contribution in [0.2, 0.25) is 0 Å². The maximum Gasteiger partial charge on any atom is 0.123 e. The molecule has 2 atom stereocenters. The Morgan fingerprint density at radius 2 is 1.70 bits per heavy atom. The normalized spacial score (nSPS) is 20.7. The molecule has 23 heavy (non-hydrogen) atoms. The van der Waals surface area contributed by atoms with Crippen molar-refractivity contribution in [2.45, 2.75) is 46.4 Å². The van der Waals surface area contributed by atoms with E-state index in [2.05, 4.69) is 74.7 Å². The Labute approximate surface area is 137 Å². The van der Waals surface area contributed by atoms with Crippen LogP contribution in [0.5, 0.6) is 0 Å². The van der Waals surface area contributed by atoms with Crippen molar-refractivity contribution in [1.29, 1.82) is 0 Å². The lowest BCUT2D eigenvalue weighted by Crippen LogP contribution is -2.29. The fourth-order valence-corrected chi connectivity index (χ4v) is 4.03. The molecule has 1 aliphatic heterocycles. The summed E-state index contributed by atoms with van der Waals surface area (Å²) in [6.07, 6.45) is 0.230. The summed E-state index contributed by atoms with van der Waals surface area (Å²) in [7, 11) is 0. The maximum absolute atomic E-state index is 6.40. The first-order chi connectivity index (χ1) is 11.0. The third-order valence-electron chi connectivity index (χ3n) is 4.88. The first-order valence-electron chi connectivity index (χ1n) is 8.36. The molecule has 1 aliphatic rings. The van der Waals surface area contributed by atoms with Crippen LogP contribution in [0.25, 0.3) is 10.9 Å². The average molecular weight is 305 g/mol. The minimum atomic E-state index is 0.0183. The second kappa shape index (κ2) is 5.24. The lowest BCUT2D eigenvalue weighted by Gasteiger charge is -2.32. The van der Waals surface area contributed by atoms with E-state index in [1.165, 1.54) is 38.9 Å². The van der Waals surface area contributed by atoms with Crippen LogP contribution in [0.4, 0.5) is 0 Å². The van der Waals surface area contributed by atoms with Gasteiger partial charge in [0.25, 0.3) is 0 Å². The SMILES string of the molecule is Cc1cc(C)cc([C@@H]2O[C@@H](C)Cn3c2c(C)c2ccccc23)c1. The second-order valence-electron chi connectivity index (χ2n) is 6.89. The summed E-state index contributed by atoms with van der Waals surface area (Å²) >= 11 is 0. The standard InChI is InChI=1S/C21H23NO/c1-13-9-14(2)11-17(10-13)21-20-16(4)18-7-5-6-8-19(18)22(20)12-15(3)23-21/h5-11,15,21H,12H2,1-4H3/t15-,21-/m0/s1. The summed E-state index contributed by atoms with van der Waals surface area (Å²) in [5.41, 5.74) is 7.83. The van der Waals surface area contributed by atoms with Gasteiger partial charge in [0.2, 0.25) is 0 Å². The summed E-state index contributed by atoms with van der Waals surface area (Å²) in [6, 6.07) is 15.4. The predicted molar refractivity (Wildman–Crippen MR) is 95.0 cm³/mol. The van der Waals surface area contributed by atoms with E-state index in [9.17, 15) is 0 Å². The monoisotopic (exact) mass is 305 g/mol. The Balaban J connectivity index is 1.97. The van der Waals surface area contributed by atoms with Crippen LogP contribution in [-0.4, -0.2) is 10.7 Å². The Hall–Kier alpha value is -2.06. The van der Waals surface area contributed by atoms with Crippen molar-refractivity contribution >= 4 is 10.9 Å². The number of hydrogen-bond donors (Lipinski definition) is 0. The summed E-state index contributed by atoms with van der Waals surface area (Å²) in [6.45, 7) is 9.63. The van der Waals surface area contributed by atoms with Gasteiger partial charge in [0, 0.05) is 17.4 Å². The van der Waals surface area contributed by atoms with Crippen LogP contribution in [-0.2, 0) is 11.3 Å². The number of ether oxygens (including phenoxy) is 1. The van der Waals surface area contributed by atoms with Crippen molar-refractivity contribution in [3.8, 4) is 0 Å². The van der Waals surface area contributed by atoms with Gasteiger partial charge in [0.1, 0.15) is 6.10 Å². The van der Waals surface area contributed by atoms with Crippen molar-refractivity contribution in [1.82, 2.24) is 4.57 Å². The van der Waals surface area contributed by atoms with E-state index in [1.807, 2.05) is 0 Å². The Kier molecular flexibility index (Phi) is 3.31. The number of para-hydroxylation sites is 1. The third-order valence-corrected chi connectivity index (χ3v) is 4.88. The van der Waals surface area contributed by atoms with Crippen molar-refractivity contribution in [3.63, 3.8) is 0 Å². The highest BCUT2D eigenvalue weighted by molar-refractivity contribution is 5.85. The van der Waals surface area contributed by atoms with Crippen molar-refractivity contribution in [2.24, 2.45) is 0 Å². The van der Waals surface area contributed by atoms with Crippen molar-refractivity contribution in [2.75, 3.05) is 0 Å². The van der Waals surface area contributed by atoms with Crippen LogP contribution in [0.3, 0.4) is 0 Å². The number of nitrogens with zero attached hydrogens (tertiary/aromatic N) is 1. The van der Waals surface area contributed by atoms with Gasteiger partial charge >= 0.3 is 0 Å². The largest absolute Gasteiger partial charge is 0.362 e. The van der Waals surface area contributed by atoms with Gasteiger partial charge in [-0.05, 0) is 44.9 Å².